The summed E-state index contributed by atoms with van der Waals surface area (Å²) >= 11 is 0. The van der Waals surface area contributed by atoms with Crippen molar-refractivity contribution in [2.24, 2.45) is 0 Å². The number of anilines is 2. The number of carboxylic acids is 1. The Hall–Kier alpha value is -3.98. The minimum absolute atomic E-state index is 0.169. The van der Waals surface area contributed by atoms with Gasteiger partial charge in [0, 0.05) is 32.2 Å². The van der Waals surface area contributed by atoms with Crippen LogP contribution in [0.3, 0.4) is 0 Å². The van der Waals surface area contributed by atoms with Crippen LogP contribution in [0, 0.1) is 0 Å². The lowest BCUT2D eigenvalue weighted by Gasteiger charge is -2.34. The van der Waals surface area contributed by atoms with Gasteiger partial charge in [0.1, 0.15) is 11.5 Å². The minimum Gasteiger partial charge on any atom is -0.480 e. The SMILES string of the molecule is C[C@@H](OCc1ccccc1)[C@H](NC(=O)c1cc(N2CCCCC2)nc(N2CCC(c3ccccc3)CC2)n1)C(=O)O. The molecule has 1 aromatic heterocycles. The van der Waals surface area contributed by atoms with E-state index < -0.39 is 24.0 Å². The van der Waals surface area contributed by atoms with Crippen molar-refractivity contribution in [2.45, 2.75) is 63.7 Å². The first-order valence-corrected chi connectivity index (χ1v) is 14.6. The molecule has 2 aromatic carbocycles. The third kappa shape index (κ3) is 7.41. The molecule has 0 spiro atoms. The lowest BCUT2D eigenvalue weighted by Crippen LogP contribution is -2.49. The van der Waals surface area contributed by atoms with Crippen molar-refractivity contribution >= 4 is 23.6 Å². The highest BCUT2D eigenvalue weighted by Gasteiger charge is 2.30. The predicted octanol–water partition coefficient (Wildman–Crippen LogP) is 4.64. The Balaban J connectivity index is 1.32. The molecular weight excluding hydrogens is 518 g/mol. The number of nitrogens with zero attached hydrogens (tertiary/aromatic N) is 4. The van der Waals surface area contributed by atoms with Gasteiger partial charge in [0.2, 0.25) is 5.95 Å². The van der Waals surface area contributed by atoms with Crippen LogP contribution in [0.4, 0.5) is 11.8 Å². The predicted molar refractivity (Wildman–Crippen MR) is 158 cm³/mol. The molecule has 5 rings (SSSR count). The fourth-order valence-corrected chi connectivity index (χ4v) is 5.60. The maximum absolute atomic E-state index is 13.5. The fourth-order valence-electron chi connectivity index (χ4n) is 5.60. The van der Waals surface area contributed by atoms with Crippen molar-refractivity contribution in [3.05, 3.63) is 83.6 Å². The van der Waals surface area contributed by atoms with E-state index in [9.17, 15) is 14.7 Å². The summed E-state index contributed by atoms with van der Waals surface area (Å²) < 4.78 is 5.83. The number of aromatic nitrogens is 2. The molecule has 3 heterocycles. The summed E-state index contributed by atoms with van der Waals surface area (Å²) in [6.45, 7) is 5.21. The lowest BCUT2D eigenvalue weighted by molar-refractivity contribution is -0.143. The molecule has 3 aromatic rings. The first kappa shape index (κ1) is 28.5. The Labute approximate surface area is 241 Å². The van der Waals surface area contributed by atoms with Crippen LogP contribution < -0.4 is 15.1 Å². The molecule has 216 valence electrons. The van der Waals surface area contributed by atoms with Crippen molar-refractivity contribution in [3.8, 4) is 0 Å². The zero-order chi connectivity index (χ0) is 28.6. The van der Waals surface area contributed by atoms with Crippen molar-refractivity contribution in [3.63, 3.8) is 0 Å². The monoisotopic (exact) mass is 557 g/mol. The van der Waals surface area contributed by atoms with E-state index in [2.05, 4.69) is 44.4 Å². The number of nitrogens with one attached hydrogen (secondary N) is 1. The Morgan fingerprint density at radius 3 is 2.24 bits per heavy atom. The van der Waals surface area contributed by atoms with E-state index in [1.54, 1.807) is 13.0 Å². The minimum atomic E-state index is -1.23. The zero-order valence-electron chi connectivity index (χ0n) is 23.6. The summed E-state index contributed by atoms with van der Waals surface area (Å²) in [4.78, 5) is 39.5. The fraction of sp³-hybridized carbons (Fsp3) is 0.438. The van der Waals surface area contributed by atoms with E-state index in [0.717, 1.165) is 57.4 Å². The van der Waals surface area contributed by atoms with Gasteiger partial charge in [0.25, 0.3) is 5.91 Å². The van der Waals surface area contributed by atoms with Crippen LogP contribution in [0.25, 0.3) is 0 Å². The normalized spacial score (nSPS) is 17.6. The molecule has 0 radical (unpaired) electrons. The van der Waals surface area contributed by atoms with Gasteiger partial charge < -0.3 is 25.0 Å². The van der Waals surface area contributed by atoms with E-state index in [1.165, 1.54) is 12.0 Å². The molecule has 1 amide bonds. The van der Waals surface area contributed by atoms with Gasteiger partial charge in [-0.15, -0.1) is 0 Å². The van der Waals surface area contributed by atoms with Crippen LogP contribution in [0.15, 0.2) is 66.7 Å². The molecule has 2 N–H and O–H groups in total. The number of piperidine rings is 2. The van der Waals surface area contributed by atoms with Crippen LogP contribution in [0.2, 0.25) is 0 Å². The van der Waals surface area contributed by atoms with Crippen LogP contribution in [0.1, 0.15) is 66.6 Å². The van der Waals surface area contributed by atoms with Crippen LogP contribution in [-0.4, -0.2) is 65.3 Å². The van der Waals surface area contributed by atoms with Crippen molar-refractivity contribution in [2.75, 3.05) is 36.0 Å². The maximum Gasteiger partial charge on any atom is 0.328 e. The number of carbonyl (C=O) groups is 2. The second kappa shape index (κ2) is 13.6. The van der Waals surface area contributed by atoms with Gasteiger partial charge in [-0.05, 0) is 56.1 Å². The van der Waals surface area contributed by atoms with Crippen molar-refractivity contribution in [1.29, 1.82) is 0 Å². The highest BCUT2D eigenvalue weighted by Crippen LogP contribution is 2.30. The molecule has 41 heavy (non-hydrogen) atoms. The summed E-state index contributed by atoms with van der Waals surface area (Å²) in [6.07, 6.45) is 4.51. The molecular formula is C32H39N5O4. The number of carboxylic acid groups (broad SMARTS) is 1. The maximum atomic E-state index is 13.5. The zero-order valence-corrected chi connectivity index (χ0v) is 23.6. The van der Waals surface area contributed by atoms with Gasteiger partial charge in [-0.25, -0.2) is 9.78 Å². The number of carbonyl (C=O) groups excluding carboxylic acids is 1. The topological polar surface area (TPSA) is 108 Å². The summed E-state index contributed by atoms with van der Waals surface area (Å²) in [5, 5.41) is 12.6. The second-order valence-corrected chi connectivity index (χ2v) is 10.9. The highest BCUT2D eigenvalue weighted by molar-refractivity contribution is 5.96. The van der Waals surface area contributed by atoms with Crippen LogP contribution >= 0.6 is 0 Å². The van der Waals surface area contributed by atoms with E-state index >= 15 is 0 Å². The molecule has 2 aliphatic rings. The van der Waals surface area contributed by atoms with Crippen molar-refractivity contribution < 1.29 is 19.4 Å². The number of hydrogen-bond acceptors (Lipinski definition) is 7. The Kier molecular flexibility index (Phi) is 9.46. The molecule has 0 bridgehead atoms. The third-order valence-electron chi connectivity index (χ3n) is 8.04. The second-order valence-electron chi connectivity index (χ2n) is 10.9. The molecule has 9 heteroatoms. The third-order valence-corrected chi connectivity index (χ3v) is 8.04. The number of ether oxygens (including phenoxy) is 1. The van der Waals surface area contributed by atoms with E-state index in [1.807, 2.05) is 36.4 Å². The van der Waals surface area contributed by atoms with Gasteiger partial charge in [-0.2, -0.15) is 4.98 Å². The largest absolute Gasteiger partial charge is 0.480 e. The summed E-state index contributed by atoms with van der Waals surface area (Å²) in [6, 6.07) is 20.5. The van der Waals surface area contributed by atoms with E-state index in [4.69, 9.17) is 9.72 Å². The number of rotatable bonds is 10. The van der Waals surface area contributed by atoms with Crippen LogP contribution in [0.5, 0.6) is 0 Å². The van der Waals surface area contributed by atoms with Gasteiger partial charge in [0.05, 0.1) is 12.7 Å². The molecule has 0 aliphatic carbocycles. The summed E-state index contributed by atoms with van der Waals surface area (Å²) in [7, 11) is 0. The Bertz CT molecular complexity index is 1290. The Morgan fingerprint density at radius 2 is 1.59 bits per heavy atom. The van der Waals surface area contributed by atoms with Gasteiger partial charge in [-0.1, -0.05) is 60.7 Å². The molecule has 9 nitrogen and oxygen atoms in total. The molecule has 2 atom stereocenters. The number of hydrogen-bond donors (Lipinski definition) is 2. The van der Waals surface area contributed by atoms with Gasteiger partial charge in [-0.3, -0.25) is 4.79 Å². The first-order valence-electron chi connectivity index (χ1n) is 14.6. The number of benzene rings is 2. The quantitative estimate of drug-likeness (QED) is 0.371. The number of aliphatic carboxylic acids is 1. The van der Waals surface area contributed by atoms with Gasteiger partial charge >= 0.3 is 5.97 Å². The summed E-state index contributed by atoms with van der Waals surface area (Å²) in [5.74, 6) is 0.00513. The molecule has 0 unspecified atom stereocenters. The van der Waals surface area contributed by atoms with E-state index in [0.29, 0.717) is 17.7 Å². The smallest absolute Gasteiger partial charge is 0.328 e. The highest BCUT2D eigenvalue weighted by atomic mass is 16.5. The first-order chi connectivity index (χ1) is 20.0. The average Bonchev–Trinajstić information content (AvgIpc) is 3.03. The molecule has 2 fully saturated rings. The lowest BCUT2D eigenvalue weighted by atomic mass is 9.90. The molecule has 0 saturated carbocycles. The van der Waals surface area contributed by atoms with Crippen molar-refractivity contribution in [1.82, 2.24) is 15.3 Å². The summed E-state index contributed by atoms with van der Waals surface area (Å²) in [5.41, 5.74) is 2.44. The standard InChI is InChI=1S/C32H39N5O4/c1-23(41-22-24-11-5-2-6-12-24)29(31(39)40)35-30(38)27-21-28(36-17-9-4-10-18-36)34-32(33-27)37-19-15-26(16-20-37)25-13-7-3-8-14-25/h2-3,5-8,11-14,21,23,26,29H,4,9-10,15-20,22H2,1H3,(H,35,38)(H,39,40)/t23-,29+/m1/s1. The molecule has 2 aliphatic heterocycles. The molecule has 2 saturated heterocycles. The van der Waals surface area contributed by atoms with Crippen LogP contribution in [-0.2, 0) is 16.1 Å². The van der Waals surface area contributed by atoms with Gasteiger partial charge in [0.15, 0.2) is 6.04 Å². The van der Waals surface area contributed by atoms with E-state index in [-0.39, 0.29) is 12.3 Å². The Morgan fingerprint density at radius 1 is 0.927 bits per heavy atom. The average molecular weight is 558 g/mol. The number of amides is 1.